The summed E-state index contributed by atoms with van der Waals surface area (Å²) >= 11 is 0. The average molecular weight is 301 g/mol. The zero-order valence-corrected chi connectivity index (χ0v) is 13.2. The van der Waals surface area contributed by atoms with Gasteiger partial charge in [-0.3, -0.25) is 4.90 Å². The Bertz CT molecular complexity index is 528. The van der Waals surface area contributed by atoms with Gasteiger partial charge in [-0.2, -0.15) is 5.26 Å². The fraction of sp³-hybridized carbons (Fsp3) is 0.500. The Morgan fingerprint density at radius 3 is 2.50 bits per heavy atom. The number of rotatable bonds is 4. The minimum absolute atomic E-state index is 0.0850. The molecule has 0 aliphatic carbocycles. The Balaban J connectivity index is 1.74. The van der Waals surface area contributed by atoms with Crippen molar-refractivity contribution in [3.8, 4) is 6.07 Å². The minimum atomic E-state index is -0.216. The highest BCUT2D eigenvalue weighted by atomic mass is 16.2. The SMILES string of the molecule is CC(CN1CCN(C)CC1)NC(=O)Nc1ccc(C#N)cc1. The number of piperazine rings is 1. The number of anilines is 1. The van der Waals surface area contributed by atoms with Crippen LogP contribution in [0.1, 0.15) is 12.5 Å². The van der Waals surface area contributed by atoms with Crippen LogP contribution in [0.15, 0.2) is 24.3 Å². The van der Waals surface area contributed by atoms with E-state index in [1.165, 1.54) is 0 Å². The van der Waals surface area contributed by atoms with Crippen molar-refractivity contribution in [2.75, 3.05) is 45.1 Å². The molecule has 2 amide bonds. The first-order valence-electron chi connectivity index (χ1n) is 7.55. The maximum atomic E-state index is 12.0. The van der Waals surface area contributed by atoms with Gasteiger partial charge in [0, 0.05) is 44.5 Å². The molecule has 0 saturated carbocycles. The normalized spacial score (nSPS) is 17.5. The van der Waals surface area contributed by atoms with Gasteiger partial charge < -0.3 is 15.5 Å². The van der Waals surface area contributed by atoms with E-state index in [9.17, 15) is 4.79 Å². The third-order valence-corrected chi connectivity index (χ3v) is 3.78. The van der Waals surface area contributed by atoms with Crippen molar-refractivity contribution in [3.63, 3.8) is 0 Å². The maximum absolute atomic E-state index is 12.0. The molecule has 2 N–H and O–H groups in total. The van der Waals surface area contributed by atoms with E-state index in [1.807, 2.05) is 6.92 Å². The molecule has 22 heavy (non-hydrogen) atoms. The highest BCUT2D eigenvalue weighted by Crippen LogP contribution is 2.08. The first-order chi connectivity index (χ1) is 10.6. The zero-order valence-electron chi connectivity index (χ0n) is 13.2. The summed E-state index contributed by atoms with van der Waals surface area (Å²) < 4.78 is 0. The van der Waals surface area contributed by atoms with Gasteiger partial charge in [-0.25, -0.2) is 4.79 Å². The first-order valence-corrected chi connectivity index (χ1v) is 7.55. The molecule has 0 bridgehead atoms. The number of carbonyl (C=O) groups excluding carboxylic acids is 1. The van der Waals surface area contributed by atoms with E-state index < -0.39 is 0 Å². The van der Waals surface area contributed by atoms with E-state index in [0.717, 1.165) is 32.7 Å². The molecule has 1 aromatic carbocycles. The van der Waals surface area contributed by atoms with E-state index >= 15 is 0 Å². The molecule has 0 radical (unpaired) electrons. The summed E-state index contributed by atoms with van der Waals surface area (Å²) in [6.07, 6.45) is 0. The predicted molar refractivity (Wildman–Crippen MR) is 86.7 cm³/mol. The molecule has 1 aliphatic rings. The molecule has 1 saturated heterocycles. The van der Waals surface area contributed by atoms with Gasteiger partial charge >= 0.3 is 6.03 Å². The van der Waals surface area contributed by atoms with Crippen molar-refractivity contribution in [3.05, 3.63) is 29.8 Å². The molecular weight excluding hydrogens is 278 g/mol. The van der Waals surface area contributed by atoms with Crippen molar-refractivity contribution in [1.29, 1.82) is 5.26 Å². The zero-order chi connectivity index (χ0) is 15.9. The fourth-order valence-electron chi connectivity index (χ4n) is 2.48. The maximum Gasteiger partial charge on any atom is 0.319 e. The largest absolute Gasteiger partial charge is 0.334 e. The third-order valence-electron chi connectivity index (χ3n) is 3.78. The van der Waals surface area contributed by atoms with Crippen LogP contribution in [-0.2, 0) is 0 Å². The van der Waals surface area contributed by atoms with Crippen molar-refractivity contribution >= 4 is 11.7 Å². The van der Waals surface area contributed by atoms with E-state index in [-0.39, 0.29) is 12.1 Å². The summed E-state index contributed by atoms with van der Waals surface area (Å²) in [5.41, 5.74) is 1.26. The number of carbonyl (C=O) groups is 1. The van der Waals surface area contributed by atoms with Crippen LogP contribution in [0, 0.1) is 11.3 Å². The van der Waals surface area contributed by atoms with Gasteiger partial charge in [-0.1, -0.05) is 0 Å². The topological polar surface area (TPSA) is 71.4 Å². The molecule has 1 heterocycles. The minimum Gasteiger partial charge on any atom is -0.334 e. The summed E-state index contributed by atoms with van der Waals surface area (Å²) in [4.78, 5) is 16.6. The van der Waals surface area contributed by atoms with Crippen LogP contribution in [0.4, 0.5) is 10.5 Å². The molecule has 1 aliphatic heterocycles. The monoisotopic (exact) mass is 301 g/mol. The fourth-order valence-corrected chi connectivity index (χ4v) is 2.48. The molecular formula is C16H23N5O. The number of urea groups is 1. The summed E-state index contributed by atoms with van der Waals surface area (Å²) in [7, 11) is 2.13. The van der Waals surface area contributed by atoms with Crippen LogP contribution in [0.25, 0.3) is 0 Å². The van der Waals surface area contributed by atoms with E-state index in [1.54, 1.807) is 24.3 Å². The number of likely N-dealkylation sites (N-methyl/N-ethyl adjacent to an activating group) is 1. The summed E-state index contributed by atoms with van der Waals surface area (Å²) in [5, 5.41) is 14.5. The second kappa shape index (κ2) is 7.78. The van der Waals surface area contributed by atoms with Crippen molar-refractivity contribution in [1.82, 2.24) is 15.1 Å². The Labute approximate surface area is 131 Å². The molecule has 118 valence electrons. The van der Waals surface area contributed by atoms with E-state index in [0.29, 0.717) is 11.3 Å². The first kappa shape index (κ1) is 16.3. The molecule has 1 atom stereocenters. The molecule has 1 unspecified atom stereocenters. The number of hydrogen-bond acceptors (Lipinski definition) is 4. The highest BCUT2D eigenvalue weighted by Gasteiger charge is 2.17. The van der Waals surface area contributed by atoms with Crippen LogP contribution in [0.2, 0.25) is 0 Å². The van der Waals surface area contributed by atoms with Crippen LogP contribution in [-0.4, -0.2) is 61.6 Å². The Hall–Kier alpha value is -2.10. The average Bonchev–Trinajstić information content (AvgIpc) is 2.50. The number of benzene rings is 1. The predicted octanol–water partition coefficient (Wildman–Crippen LogP) is 1.32. The second-order valence-electron chi connectivity index (χ2n) is 5.79. The van der Waals surface area contributed by atoms with Crippen LogP contribution in [0.3, 0.4) is 0 Å². The van der Waals surface area contributed by atoms with Crippen LogP contribution < -0.4 is 10.6 Å². The van der Waals surface area contributed by atoms with E-state index in [2.05, 4.69) is 33.6 Å². The highest BCUT2D eigenvalue weighted by molar-refractivity contribution is 5.89. The third kappa shape index (κ3) is 5.02. The standard InChI is InChI=1S/C16H23N5O/c1-13(12-21-9-7-20(2)8-10-21)18-16(22)19-15-5-3-14(11-17)4-6-15/h3-6,13H,7-10,12H2,1-2H3,(H2,18,19,22). The molecule has 0 aromatic heterocycles. The Kier molecular flexibility index (Phi) is 5.75. The molecule has 6 nitrogen and oxygen atoms in total. The van der Waals surface area contributed by atoms with Crippen LogP contribution >= 0.6 is 0 Å². The van der Waals surface area contributed by atoms with Crippen molar-refractivity contribution < 1.29 is 4.79 Å². The van der Waals surface area contributed by atoms with Gasteiger partial charge in [0.15, 0.2) is 0 Å². The number of nitriles is 1. The lowest BCUT2D eigenvalue weighted by Crippen LogP contribution is -2.50. The van der Waals surface area contributed by atoms with Gasteiger partial charge in [-0.15, -0.1) is 0 Å². The smallest absolute Gasteiger partial charge is 0.319 e. The number of nitrogens with zero attached hydrogens (tertiary/aromatic N) is 3. The summed E-state index contributed by atoms with van der Waals surface area (Å²) in [6, 6.07) is 8.74. The molecule has 2 rings (SSSR count). The molecule has 0 spiro atoms. The van der Waals surface area contributed by atoms with Gasteiger partial charge in [0.25, 0.3) is 0 Å². The molecule has 1 fully saturated rings. The van der Waals surface area contributed by atoms with Gasteiger partial charge in [0.2, 0.25) is 0 Å². The number of nitrogens with one attached hydrogen (secondary N) is 2. The second-order valence-corrected chi connectivity index (χ2v) is 5.79. The van der Waals surface area contributed by atoms with Crippen molar-refractivity contribution in [2.24, 2.45) is 0 Å². The summed E-state index contributed by atoms with van der Waals surface area (Å²) in [5.74, 6) is 0. The van der Waals surface area contributed by atoms with Gasteiger partial charge in [-0.05, 0) is 38.2 Å². The molecule has 6 heteroatoms. The molecule has 1 aromatic rings. The number of amides is 2. The quantitative estimate of drug-likeness (QED) is 0.880. The van der Waals surface area contributed by atoms with Gasteiger partial charge in [0.05, 0.1) is 11.6 Å². The summed E-state index contributed by atoms with van der Waals surface area (Å²) in [6.45, 7) is 7.10. The van der Waals surface area contributed by atoms with Crippen molar-refractivity contribution in [2.45, 2.75) is 13.0 Å². The lowest BCUT2D eigenvalue weighted by molar-refractivity contribution is 0.145. The number of hydrogen-bond donors (Lipinski definition) is 2. The Morgan fingerprint density at radius 1 is 1.27 bits per heavy atom. The lowest BCUT2D eigenvalue weighted by atomic mass is 10.2. The Morgan fingerprint density at radius 2 is 1.91 bits per heavy atom. The van der Waals surface area contributed by atoms with Crippen LogP contribution in [0.5, 0.6) is 0 Å². The lowest BCUT2D eigenvalue weighted by Gasteiger charge is -2.34. The van der Waals surface area contributed by atoms with E-state index in [4.69, 9.17) is 5.26 Å². The van der Waals surface area contributed by atoms with Gasteiger partial charge in [0.1, 0.15) is 0 Å².